The number of nitrogens with zero attached hydrogens (tertiary/aromatic N) is 1. The number of thiophene rings is 1. The third-order valence-electron chi connectivity index (χ3n) is 4.37. The predicted octanol–water partition coefficient (Wildman–Crippen LogP) is 3.11. The number of hydrogen-bond donors (Lipinski definition) is 1. The van der Waals surface area contributed by atoms with Crippen LogP contribution in [0.5, 0.6) is 0 Å². The number of carbonyl (C=O) groups is 1. The van der Waals surface area contributed by atoms with Crippen LogP contribution < -0.4 is 10.9 Å². The van der Waals surface area contributed by atoms with E-state index < -0.39 is 0 Å². The lowest BCUT2D eigenvalue weighted by Crippen LogP contribution is -2.33. The van der Waals surface area contributed by atoms with E-state index >= 15 is 0 Å². The van der Waals surface area contributed by atoms with Gasteiger partial charge < -0.3 is 9.88 Å². The minimum atomic E-state index is -0.166. The van der Waals surface area contributed by atoms with Crippen LogP contribution >= 0.6 is 11.3 Å². The molecule has 2 aromatic heterocycles. The van der Waals surface area contributed by atoms with Crippen LogP contribution in [0.1, 0.15) is 47.0 Å². The molecular formula is C17H20N2O2S. The molecule has 1 aliphatic carbocycles. The van der Waals surface area contributed by atoms with Crippen molar-refractivity contribution in [3.8, 4) is 0 Å². The molecular weight excluding hydrogens is 296 g/mol. The highest BCUT2D eigenvalue weighted by molar-refractivity contribution is 7.10. The van der Waals surface area contributed by atoms with E-state index in [9.17, 15) is 9.59 Å². The summed E-state index contributed by atoms with van der Waals surface area (Å²) in [4.78, 5) is 25.4. The summed E-state index contributed by atoms with van der Waals surface area (Å²) < 4.78 is 1.46. The zero-order valence-electron chi connectivity index (χ0n) is 12.6. The number of rotatable bonds is 4. The molecule has 2 heterocycles. The Morgan fingerprint density at radius 2 is 2.14 bits per heavy atom. The number of amides is 1. The van der Waals surface area contributed by atoms with Gasteiger partial charge in [-0.2, -0.15) is 0 Å². The van der Waals surface area contributed by atoms with Gasteiger partial charge in [0.15, 0.2) is 0 Å². The van der Waals surface area contributed by atoms with E-state index in [0.29, 0.717) is 11.5 Å². The van der Waals surface area contributed by atoms with Crippen molar-refractivity contribution in [2.24, 2.45) is 13.0 Å². The minimum absolute atomic E-state index is 0.0547. The smallest absolute Gasteiger partial charge is 0.252 e. The average Bonchev–Trinajstić information content (AvgIpc) is 3.20. The first-order valence-electron chi connectivity index (χ1n) is 7.66. The van der Waals surface area contributed by atoms with E-state index in [1.54, 1.807) is 30.6 Å². The highest BCUT2D eigenvalue weighted by Gasteiger charge is 2.28. The Morgan fingerprint density at radius 1 is 1.36 bits per heavy atom. The van der Waals surface area contributed by atoms with Crippen LogP contribution in [0.2, 0.25) is 0 Å². The van der Waals surface area contributed by atoms with Crippen LogP contribution in [0.25, 0.3) is 0 Å². The number of aromatic nitrogens is 1. The summed E-state index contributed by atoms with van der Waals surface area (Å²) in [5, 5.41) is 5.19. The van der Waals surface area contributed by atoms with E-state index in [1.165, 1.54) is 28.4 Å². The first kappa shape index (κ1) is 15.0. The maximum atomic E-state index is 12.5. The summed E-state index contributed by atoms with van der Waals surface area (Å²) in [7, 11) is 1.68. The molecule has 2 aromatic rings. The molecule has 1 unspecified atom stereocenters. The summed E-state index contributed by atoms with van der Waals surface area (Å²) in [5.74, 6) is 0.331. The van der Waals surface area contributed by atoms with Gasteiger partial charge in [0.2, 0.25) is 0 Å². The quantitative estimate of drug-likeness (QED) is 0.942. The largest absolute Gasteiger partial charge is 0.344 e. The van der Waals surface area contributed by atoms with Gasteiger partial charge in [0.25, 0.3) is 11.5 Å². The summed E-state index contributed by atoms with van der Waals surface area (Å²) in [5.41, 5.74) is 0.267. The molecule has 1 fully saturated rings. The molecule has 0 aromatic carbocycles. The van der Waals surface area contributed by atoms with Gasteiger partial charge in [0, 0.05) is 29.8 Å². The van der Waals surface area contributed by atoms with E-state index in [0.717, 1.165) is 12.8 Å². The topological polar surface area (TPSA) is 51.1 Å². The minimum Gasteiger partial charge on any atom is -0.344 e. The Morgan fingerprint density at radius 3 is 2.77 bits per heavy atom. The summed E-state index contributed by atoms with van der Waals surface area (Å²) in [6, 6.07) is 7.25. The Bertz CT molecular complexity index is 700. The molecule has 1 N–H and O–H groups in total. The normalized spacial score (nSPS) is 16.6. The zero-order chi connectivity index (χ0) is 15.5. The van der Waals surface area contributed by atoms with Gasteiger partial charge >= 0.3 is 0 Å². The standard InChI is InChI=1S/C17H20N2O2S/c1-19-9-8-13(11-15(19)20)17(21)18-16(12-5-2-3-6-12)14-7-4-10-22-14/h4,7-12,16H,2-3,5-6H2,1H3,(H,18,21). The molecule has 5 heteroatoms. The lowest BCUT2D eigenvalue weighted by molar-refractivity contribution is 0.0922. The number of aryl methyl sites for hydroxylation is 1. The molecule has 1 saturated carbocycles. The predicted molar refractivity (Wildman–Crippen MR) is 88.2 cm³/mol. The van der Waals surface area contributed by atoms with Crippen molar-refractivity contribution < 1.29 is 4.79 Å². The SMILES string of the molecule is Cn1ccc(C(=O)NC(c2cccs2)C2CCCC2)cc1=O. The number of pyridine rings is 1. The first-order valence-corrected chi connectivity index (χ1v) is 8.54. The molecule has 0 bridgehead atoms. The molecule has 116 valence electrons. The fraction of sp³-hybridized carbons (Fsp3) is 0.412. The molecule has 3 rings (SSSR count). The second-order valence-electron chi connectivity index (χ2n) is 5.88. The van der Waals surface area contributed by atoms with Gasteiger partial charge in [0.1, 0.15) is 0 Å². The van der Waals surface area contributed by atoms with Crippen molar-refractivity contribution in [2.75, 3.05) is 0 Å². The molecule has 22 heavy (non-hydrogen) atoms. The van der Waals surface area contributed by atoms with Crippen molar-refractivity contribution in [1.29, 1.82) is 0 Å². The summed E-state index contributed by atoms with van der Waals surface area (Å²) in [6.45, 7) is 0. The van der Waals surface area contributed by atoms with E-state index in [4.69, 9.17) is 0 Å². The van der Waals surface area contributed by atoms with E-state index in [2.05, 4.69) is 11.4 Å². The van der Waals surface area contributed by atoms with Crippen molar-refractivity contribution in [3.63, 3.8) is 0 Å². The molecule has 4 nitrogen and oxygen atoms in total. The molecule has 0 saturated heterocycles. The molecule has 0 radical (unpaired) electrons. The van der Waals surface area contributed by atoms with Crippen molar-refractivity contribution in [2.45, 2.75) is 31.7 Å². The fourth-order valence-corrected chi connectivity index (χ4v) is 3.96. The second kappa shape index (κ2) is 6.48. The first-order chi connectivity index (χ1) is 10.6. The maximum Gasteiger partial charge on any atom is 0.252 e. The number of carbonyl (C=O) groups excluding carboxylic acids is 1. The molecule has 0 aliphatic heterocycles. The van der Waals surface area contributed by atoms with Crippen molar-refractivity contribution >= 4 is 17.2 Å². The third-order valence-corrected chi connectivity index (χ3v) is 5.33. The van der Waals surface area contributed by atoms with Gasteiger partial charge in [-0.1, -0.05) is 18.9 Å². The van der Waals surface area contributed by atoms with Gasteiger partial charge in [0.05, 0.1) is 6.04 Å². The summed E-state index contributed by atoms with van der Waals surface area (Å²) >= 11 is 1.68. The number of nitrogens with one attached hydrogen (secondary N) is 1. The van der Waals surface area contributed by atoms with Crippen molar-refractivity contribution in [1.82, 2.24) is 9.88 Å². The van der Waals surface area contributed by atoms with Crippen LogP contribution in [0.15, 0.2) is 40.6 Å². The molecule has 1 atom stereocenters. The Balaban J connectivity index is 1.81. The van der Waals surface area contributed by atoms with Crippen LogP contribution in [0.4, 0.5) is 0 Å². The van der Waals surface area contributed by atoms with Crippen LogP contribution in [0, 0.1) is 5.92 Å². The van der Waals surface area contributed by atoms with Crippen LogP contribution in [0.3, 0.4) is 0 Å². The Hall–Kier alpha value is -1.88. The third kappa shape index (κ3) is 3.14. The van der Waals surface area contributed by atoms with Gasteiger partial charge in [-0.15, -0.1) is 11.3 Å². The molecule has 1 amide bonds. The summed E-state index contributed by atoms with van der Waals surface area (Å²) in [6.07, 6.45) is 6.40. The van der Waals surface area contributed by atoms with Gasteiger partial charge in [-0.05, 0) is 36.3 Å². The van der Waals surface area contributed by atoms with Gasteiger partial charge in [-0.25, -0.2) is 0 Å². The fourth-order valence-electron chi connectivity index (χ4n) is 3.09. The average molecular weight is 316 g/mol. The monoisotopic (exact) mass is 316 g/mol. The maximum absolute atomic E-state index is 12.5. The van der Waals surface area contributed by atoms with Gasteiger partial charge in [-0.3, -0.25) is 9.59 Å². The Kier molecular flexibility index (Phi) is 4.43. The highest BCUT2D eigenvalue weighted by atomic mass is 32.1. The Labute approximate surface area is 133 Å². The molecule has 0 spiro atoms. The highest BCUT2D eigenvalue weighted by Crippen LogP contribution is 2.37. The van der Waals surface area contributed by atoms with Crippen LogP contribution in [-0.2, 0) is 7.05 Å². The number of hydrogen-bond acceptors (Lipinski definition) is 3. The van der Waals surface area contributed by atoms with E-state index in [-0.39, 0.29) is 17.5 Å². The van der Waals surface area contributed by atoms with Crippen molar-refractivity contribution in [3.05, 3.63) is 56.6 Å². The molecule has 1 aliphatic rings. The van der Waals surface area contributed by atoms with E-state index in [1.807, 2.05) is 11.4 Å². The lowest BCUT2D eigenvalue weighted by atomic mass is 9.96. The second-order valence-corrected chi connectivity index (χ2v) is 6.85. The zero-order valence-corrected chi connectivity index (χ0v) is 13.4. The van der Waals surface area contributed by atoms with Crippen LogP contribution in [-0.4, -0.2) is 10.5 Å². The lowest BCUT2D eigenvalue weighted by Gasteiger charge is -2.23.